The summed E-state index contributed by atoms with van der Waals surface area (Å²) < 4.78 is 5.49. The van der Waals surface area contributed by atoms with Crippen LogP contribution in [-0.4, -0.2) is 47.4 Å². The summed E-state index contributed by atoms with van der Waals surface area (Å²) in [5, 5.41) is 23.3. The average molecular weight is 1250 g/mol. The Kier molecular flexibility index (Phi) is 76.8. The molecule has 0 spiro atoms. The highest BCUT2D eigenvalue weighted by Crippen LogP contribution is 2.20. The molecule has 6 heteroatoms. The number of aliphatic hydroxyl groups excluding tert-OH is 2. The first kappa shape index (κ1) is 87.1. The molecule has 3 N–H and O–H groups in total. The second-order valence-electron chi connectivity index (χ2n) is 28.1. The van der Waals surface area contributed by atoms with Gasteiger partial charge in [-0.1, -0.05) is 416 Å². The van der Waals surface area contributed by atoms with Crippen LogP contribution in [0.1, 0.15) is 457 Å². The molecule has 0 aliphatic heterocycles. The molecule has 1 amide bonds. The van der Waals surface area contributed by atoms with Crippen LogP contribution in [0.3, 0.4) is 0 Å². The Morgan fingerprint density at radius 3 is 0.876 bits per heavy atom. The Hall–Kier alpha value is -1.92. The van der Waals surface area contributed by atoms with E-state index in [-0.39, 0.29) is 18.5 Å². The average Bonchev–Trinajstić information content (AvgIpc) is 3.57. The molecule has 0 saturated heterocycles. The molecule has 0 aromatic rings. The van der Waals surface area contributed by atoms with Gasteiger partial charge in [-0.05, 0) is 64.2 Å². The second-order valence-corrected chi connectivity index (χ2v) is 28.1. The van der Waals surface area contributed by atoms with E-state index in [0.29, 0.717) is 19.4 Å². The van der Waals surface area contributed by atoms with Gasteiger partial charge < -0.3 is 20.3 Å². The Balaban J connectivity index is 3.36. The van der Waals surface area contributed by atoms with Crippen molar-refractivity contribution >= 4 is 11.9 Å². The van der Waals surface area contributed by atoms with E-state index in [1.807, 2.05) is 6.08 Å². The maximum Gasteiger partial charge on any atom is 0.305 e. The molecule has 0 radical (unpaired) electrons. The van der Waals surface area contributed by atoms with Crippen LogP contribution in [0.15, 0.2) is 36.5 Å². The number of carbonyl (C=O) groups excluding carboxylic acids is 2. The van der Waals surface area contributed by atoms with Crippen molar-refractivity contribution in [2.45, 2.75) is 469 Å². The lowest BCUT2D eigenvalue weighted by Crippen LogP contribution is -2.45. The molecule has 2 unspecified atom stereocenters. The van der Waals surface area contributed by atoms with Crippen LogP contribution in [-0.2, 0) is 14.3 Å². The highest BCUT2D eigenvalue weighted by molar-refractivity contribution is 5.76. The van der Waals surface area contributed by atoms with Gasteiger partial charge in [-0.2, -0.15) is 0 Å². The minimum absolute atomic E-state index is 0.00765. The third-order valence-corrected chi connectivity index (χ3v) is 19.2. The number of carbonyl (C=O) groups is 2. The van der Waals surface area contributed by atoms with Gasteiger partial charge >= 0.3 is 5.97 Å². The summed E-state index contributed by atoms with van der Waals surface area (Å²) in [5.41, 5.74) is 0. The van der Waals surface area contributed by atoms with Gasteiger partial charge in [0.05, 0.1) is 25.4 Å². The summed E-state index contributed by atoms with van der Waals surface area (Å²) in [6, 6.07) is -0.626. The zero-order chi connectivity index (χ0) is 64.2. The number of unbranched alkanes of at least 4 members (excludes halogenated alkanes) is 62. The molecule has 0 rings (SSSR count). The maximum atomic E-state index is 12.6. The first-order valence-electron chi connectivity index (χ1n) is 40.8. The van der Waals surface area contributed by atoms with E-state index in [1.165, 1.54) is 379 Å². The van der Waals surface area contributed by atoms with Crippen LogP contribution in [0.2, 0.25) is 0 Å². The number of aliphatic hydroxyl groups is 2. The van der Waals surface area contributed by atoms with Gasteiger partial charge in [-0.25, -0.2) is 0 Å². The lowest BCUT2D eigenvalue weighted by molar-refractivity contribution is -0.143. The summed E-state index contributed by atoms with van der Waals surface area (Å²) in [7, 11) is 0. The van der Waals surface area contributed by atoms with Crippen molar-refractivity contribution in [3.8, 4) is 0 Å². The van der Waals surface area contributed by atoms with Crippen molar-refractivity contribution in [2.24, 2.45) is 0 Å². The van der Waals surface area contributed by atoms with Crippen LogP contribution in [0.25, 0.3) is 0 Å². The van der Waals surface area contributed by atoms with E-state index in [4.69, 9.17) is 4.74 Å². The summed E-state index contributed by atoms with van der Waals surface area (Å²) >= 11 is 0. The summed E-state index contributed by atoms with van der Waals surface area (Å²) in [4.78, 5) is 24.6. The zero-order valence-electron chi connectivity index (χ0n) is 60.4. The largest absolute Gasteiger partial charge is 0.466 e. The second kappa shape index (κ2) is 78.5. The number of hydrogen-bond donors (Lipinski definition) is 3. The fourth-order valence-electron chi connectivity index (χ4n) is 13.0. The van der Waals surface area contributed by atoms with Crippen molar-refractivity contribution in [1.82, 2.24) is 5.32 Å². The standard InChI is InChI=1S/C83H159NO5/c1-3-5-7-9-11-13-15-17-19-20-21-22-23-32-35-38-41-44-48-51-55-59-63-67-71-75-81(86)80(79-85)84-82(87)76-72-68-64-60-56-52-49-45-42-39-36-33-30-28-26-24-25-27-29-31-34-37-40-43-46-50-54-58-62-66-70-74-78-89-83(88)77-73-69-65-61-57-53-47-18-16-14-12-10-8-6-4-2/h12,14,18,47,71,75,80-81,85-86H,3-11,13,15-17,19-46,48-70,72-74,76-79H2,1-2H3,(H,84,87)/b14-12-,47-18-,75-71+. The minimum atomic E-state index is -0.843. The summed E-state index contributed by atoms with van der Waals surface area (Å²) in [5.74, 6) is -0.0505. The van der Waals surface area contributed by atoms with Crippen LogP contribution in [0.4, 0.5) is 0 Å². The van der Waals surface area contributed by atoms with Crippen LogP contribution < -0.4 is 5.32 Å². The number of hydrogen-bond acceptors (Lipinski definition) is 5. The Labute approximate surface area is 557 Å². The minimum Gasteiger partial charge on any atom is -0.466 e. The van der Waals surface area contributed by atoms with Gasteiger partial charge in [0.25, 0.3) is 0 Å². The Morgan fingerprint density at radius 2 is 0.562 bits per heavy atom. The Bertz CT molecular complexity index is 1440. The summed E-state index contributed by atoms with van der Waals surface area (Å²) in [6.07, 6.45) is 103. The maximum absolute atomic E-state index is 12.6. The van der Waals surface area contributed by atoms with Crippen molar-refractivity contribution in [3.63, 3.8) is 0 Å². The van der Waals surface area contributed by atoms with E-state index >= 15 is 0 Å². The molecular weight excluding hydrogens is 1090 g/mol. The smallest absolute Gasteiger partial charge is 0.305 e. The van der Waals surface area contributed by atoms with Crippen LogP contribution in [0.5, 0.6) is 0 Å². The SMILES string of the molecule is CCCCC/C=C\C/C=C\CCCCCCCC(=O)OCCCCCCCCCCCCCCCCCCCCCCCCCCCCCCCCCCC(=O)NC(CO)C(O)/C=C/CCCCCCCCCCCCCCCCCCCCCCCCC. The number of esters is 1. The molecule has 89 heavy (non-hydrogen) atoms. The predicted molar refractivity (Wildman–Crippen MR) is 393 cm³/mol. The number of allylic oxidation sites excluding steroid dienone is 5. The first-order valence-corrected chi connectivity index (χ1v) is 40.8. The number of nitrogens with one attached hydrogen (secondary N) is 1. The molecule has 0 aliphatic rings. The van der Waals surface area contributed by atoms with Crippen LogP contribution >= 0.6 is 0 Å². The van der Waals surface area contributed by atoms with Gasteiger partial charge in [0, 0.05) is 12.8 Å². The van der Waals surface area contributed by atoms with Gasteiger partial charge in [-0.3, -0.25) is 9.59 Å². The topological polar surface area (TPSA) is 95.9 Å². The molecule has 0 heterocycles. The monoisotopic (exact) mass is 1250 g/mol. The molecule has 0 aromatic heterocycles. The van der Waals surface area contributed by atoms with Gasteiger partial charge in [0.1, 0.15) is 0 Å². The van der Waals surface area contributed by atoms with E-state index in [1.54, 1.807) is 6.08 Å². The number of amides is 1. The fourth-order valence-corrected chi connectivity index (χ4v) is 13.0. The zero-order valence-corrected chi connectivity index (χ0v) is 60.4. The van der Waals surface area contributed by atoms with Crippen molar-refractivity contribution in [1.29, 1.82) is 0 Å². The molecule has 0 fully saturated rings. The lowest BCUT2D eigenvalue weighted by Gasteiger charge is -2.20. The highest BCUT2D eigenvalue weighted by atomic mass is 16.5. The van der Waals surface area contributed by atoms with E-state index < -0.39 is 12.1 Å². The molecule has 6 nitrogen and oxygen atoms in total. The highest BCUT2D eigenvalue weighted by Gasteiger charge is 2.18. The predicted octanol–water partition coefficient (Wildman–Crippen LogP) is 27.0. The van der Waals surface area contributed by atoms with Crippen LogP contribution in [0, 0.1) is 0 Å². The quantitative estimate of drug-likeness (QED) is 0.0320. The fraction of sp³-hybridized carbons (Fsp3) is 0.904. The van der Waals surface area contributed by atoms with Crippen molar-refractivity contribution in [2.75, 3.05) is 13.2 Å². The van der Waals surface area contributed by atoms with Crippen molar-refractivity contribution < 1.29 is 24.5 Å². The first-order chi connectivity index (χ1) is 44.0. The number of rotatable bonds is 77. The molecule has 2 atom stereocenters. The lowest BCUT2D eigenvalue weighted by atomic mass is 10.0. The molecule has 0 bridgehead atoms. The molecule has 526 valence electrons. The molecule has 0 aliphatic carbocycles. The van der Waals surface area contributed by atoms with Gasteiger partial charge in [0.15, 0.2) is 0 Å². The van der Waals surface area contributed by atoms with E-state index in [2.05, 4.69) is 43.5 Å². The third kappa shape index (κ3) is 75.0. The molecule has 0 aromatic carbocycles. The Morgan fingerprint density at radius 1 is 0.315 bits per heavy atom. The van der Waals surface area contributed by atoms with Crippen molar-refractivity contribution in [3.05, 3.63) is 36.5 Å². The molecule has 0 saturated carbocycles. The third-order valence-electron chi connectivity index (χ3n) is 19.2. The normalized spacial score (nSPS) is 12.6. The van der Waals surface area contributed by atoms with Gasteiger partial charge in [-0.15, -0.1) is 0 Å². The van der Waals surface area contributed by atoms with Gasteiger partial charge in [0.2, 0.25) is 5.91 Å². The number of ether oxygens (including phenoxy) is 1. The van der Waals surface area contributed by atoms with E-state index in [0.717, 1.165) is 51.4 Å². The summed E-state index contributed by atoms with van der Waals surface area (Å²) in [6.45, 7) is 4.92. The van der Waals surface area contributed by atoms with E-state index in [9.17, 15) is 19.8 Å². The molecular formula is C83H159NO5.